The second kappa shape index (κ2) is 8.27. The van der Waals surface area contributed by atoms with Gasteiger partial charge < -0.3 is 10.1 Å². The van der Waals surface area contributed by atoms with Crippen molar-refractivity contribution < 1.29 is 9.53 Å². The van der Waals surface area contributed by atoms with Crippen molar-refractivity contribution in [2.24, 2.45) is 5.92 Å². The van der Waals surface area contributed by atoms with E-state index in [0.717, 1.165) is 35.5 Å². The molecule has 0 unspecified atom stereocenters. The molecule has 1 N–H and O–H groups in total. The predicted molar refractivity (Wildman–Crippen MR) is 89.9 cm³/mol. The number of methoxy groups -OCH3 is 1. The van der Waals surface area contributed by atoms with Gasteiger partial charge in [-0.15, -0.1) is 0 Å². The Morgan fingerprint density at radius 3 is 2.48 bits per heavy atom. The summed E-state index contributed by atoms with van der Waals surface area (Å²) in [6.07, 6.45) is 3.23. The third-order valence-corrected chi connectivity index (χ3v) is 3.91. The summed E-state index contributed by atoms with van der Waals surface area (Å²) in [5, 5.41) is 2.95. The summed E-state index contributed by atoms with van der Waals surface area (Å²) in [7, 11) is 1.64. The highest BCUT2D eigenvalue weighted by molar-refractivity contribution is 5.78. The molecule has 1 heterocycles. The lowest BCUT2D eigenvalue weighted by molar-refractivity contribution is -0.125. The summed E-state index contributed by atoms with van der Waals surface area (Å²) in [6, 6.07) is 9.59. The van der Waals surface area contributed by atoms with E-state index in [1.165, 1.54) is 6.33 Å². The van der Waals surface area contributed by atoms with Crippen molar-refractivity contribution in [3.05, 3.63) is 42.4 Å². The van der Waals surface area contributed by atoms with E-state index in [4.69, 9.17) is 4.74 Å². The molecule has 0 aliphatic rings. The maximum atomic E-state index is 12.0. The lowest BCUT2D eigenvalue weighted by Crippen LogP contribution is -2.29. The molecule has 0 aliphatic heterocycles. The Morgan fingerprint density at radius 1 is 1.17 bits per heavy atom. The fourth-order valence-corrected chi connectivity index (χ4v) is 2.40. The summed E-state index contributed by atoms with van der Waals surface area (Å²) < 4.78 is 5.16. The van der Waals surface area contributed by atoms with E-state index in [9.17, 15) is 4.79 Å². The SMILES string of the molecule is CCC(CC)C(=O)NCc1cc(-c2ccc(OC)cc2)ncn1. The van der Waals surface area contributed by atoms with E-state index in [1.807, 2.05) is 44.2 Å². The number of hydrogen-bond donors (Lipinski definition) is 1. The van der Waals surface area contributed by atoms with Gasteiger partial charge in [-0.05, 0) is 43.2 Å². The molecule has 0 aliphatic carbocycles. The molecule has 23 heavy (non-hydrogen) atoms. The minimum Gasteiger partial charge on any atom is -0.497 e. The minimum absolute atomic E-state index is 0.0675. The third kappa shape index (κ3) is 4.52. The Hall–Kier alpha value is -2.43. The Labute approximate surface area is 137 Å². The van der Waals surface area contributed by atoms with E-state index < -0.39 is 0 Å². The van der Waals surface area contributed by atoms with Gasteiger partial charge in [0.1, 0.15) is 12.1 Å². The van der Waals surface area contributed by atoms with E-state index in [-0.39, 0.29) is 11.8 Å². The minimum atomic E-state index is 0.0675. The molecular formula is C18H23N3O2. The van der Waals surface area contributed by atoms with Gasteiger partial charge in [0.05, 0.1) is 25.0 Å². The van der Waals surface area contributed by atoms with E-state index in [2.05, 4.69) is 15.3 Å². The quantitative estimate of drug-likeness (QED) is 0.852. The molecule has 5 heteroatoms. The fraction of sp³-hybridized carbons (Fsp3) is 0.389. The summed E-state index contributed by atoms with van der Waals surface area (Å²) in [5.74, 6) is 0.956. The number of carbonyl (C=O) groups excluding carboxylic acids is 1. The van der Waals surface area contributed by atoms with Crippen LogP contribution in [0.1, 0.15) is 32.4 Å². The Morgan fingerprint density at radius 2 is 1.87 bits per heavy atom. The van der Waals surface area contributed by atoms with E-state index in [0.29, 0.717) is 6.54 Å². The highest BCUT2D eigenvalue weighted by Gasteiger charge is 2.13. The van der Waals surface area contributed by atoms with Crippen LogP contribution in [0, 0.1) is 5.92 Å². The van der Waals surface area contributed by atoms with Crippen molar-refractivity contribution in [1.29, 1.82) is 0 Å². The highest BCUT2D eigenvalue weighted by atomic mass is 16.5. The molecule has 0 radical (unpaired) electrons. The molecule has 1 amide bonds. The number of nitrogens with zero attached hydrogens (tertiary/aromatic N) is 2. The molecule has 0 spiro atoms. The van der Waals surface area contributed by atoms with Gasteiger partial charge in [-0.3, -0.25) is 4.79 Å². The van der Waals surface area contributed by atoms with Crippen molar-refractivity contribution >= 4 is 5.91 Å². The summed E-state index contributed by atoms with van der Waals surface area (Å²) in [4.78, 5) is 20.6. The normalized spacial score (nSPS) is 10.6. The van der Waals surface area contributed by atoms with Gasteiger partial charge in [0.2, 0.25) is 5.91 Å². The van der Waals surface area contributed by atoms with Gasteiger partial charge in [-0.25, -0.2) is 9.97 Å². The molecule has 0 saturated carbocycles. The summed E-state index contributed by atoms with van der Waals surface area (Å²) in [6.45, 7) is 4.47. The lowest BCUT2D eigenvalue weighted by Gasteiger charge is -2.12. The second-order valence-electron chi connectivity index (χ2n) is 5.35. The molecule has 5 nitrogen and oxygen atoms in total. The predicted octanol–water partition coefficient (Wildman–Crippen LogP) is 3.20. The van der Waals surface area contributed by atoms with Gasteiger partial charge in [-0.2, -0.15) is 0 Å². The monoisotopic (exact) mass is 313 g/mol. The van der Waals surface area contributed by atoms with Crippen LogP contribution in [0.25, 0.3) is 11.3 Å². The van der Waals surface area contributed by atoms with Crippen LogP contribution < -0.4 is 10.1 Å². The van der Waals surface area contributed by atoms with Crippen LogP contribution in [0.5, 0.6) is 5.75 Å². The van der Waals surface area contributed by atoms with Crippen molar-refractivity contribution in [2.75, 3.05) is 7.11 Å². The number of carbonyl (C=O) groups is 1. The highest BCUT2D eigenvalue weighted by Crippen LogP contribution is 2.20. The van der Waals surface area contributed by atoms with Crippen molar-refractivity contribution in [2.45, 2.75) is 33.2 Å². The van der Waals surface area contributed by atoms with Gasteiger partial charge in [0.15, 0.2) is 0 Å². The molecule has 1 aromatic carbocycles. The van der Waals surface area contributed by atoms with Gasteiger partial charge >= 0.3 is 0 Å². The van der Waals surface area contributed by atoms with Crippen LogP contribution in [0.4, 0.5) is 0 Å². The van der Waals surface area contributed by atoms with Gasteiger partial charge in [-0.1, -0.05) is 13.8 Å². The molecule has 0 atom stereocenters. The molecule has 0 bridgehead atoms. The van der Waals surface area contributed by atoms with E-state index in [1.54, 1.807) is 7.11 Å². The van der Waals surface area contributed by atoms with Gasteiger partial charge in [0.25, 0.3) is 0 Å². The second-order valence-corrected chi connectivity index (χ2v) is 5.35. The number of benzene rings is 1. The molecular weight excluding hydrogens is 290 g/mol. The van der Waals surface area contributed by atoms with Crippen LogP contribution in [-0.4, -0.2) is 23.0 Å². The number of ether oxygens (including phenoxy) is 1. The zero-order chi connectivity index (χ0) is 16.7. The topological polar surface area (TPSA) is 64.1 Å². The molecule has 1 aromatic heterocycles. The van der Waals surface area contributed by atoms with Crippen molar-refractivity contribution in [1.82, 2.24) is 15.3 Å². The summed E-state index contributed by atoms with van der Waals surface area (Å²) in [5.41, 5.74) is 2.61. The van der Waals surface area contributed by atoms with Crippen LogP contribution in [0.15, 0.2) is 36.7 Å². The average molecular weight is 313 g/mol. The maximum Gasteiger partial charge on any atom is 0.223 e. The van der Waals surface area contributed by atoms with Crippen LogP contribution in [-0.2, 0) is 11.3 Å². The fourth-order valence-electron chi connectivity index (χ4n) is 2.40. The Bertz CT molecular complexity index is 637. The summed E-state index contributed by atoms with van der Waals surface area (Å²) >= 11 is 0. The van der Waals surface area contributed by atoms with Crippen LogP contribution >= 0.6 is 0 Å². The zero-order valence-electron chi connectivity index (χ0n) is 13.9. The third-order valence-electron chi connectivity index (χ3n) is 3.91. The van der Waals surface area contributed by atoms with Crippen LogP contribution in [0.2, 0.25) is 0 Å². The van der Waals surface area contributed by atoms with Gasteiger partial charge in [0, 0.05) is 11.5 Å². The first-order valence-electron chi connectivity index (χ1n) is 7.91. The molecule has 2 rings (SSSR count). The molecule has 0 saturated heterocycles. The molecule has 122 valence electrons. The first-order chi connectivity index (χ1) is 11.2. The van der Waals surface area contributed by atoms with Crippen molar-refractivity contribution in [3.63, 3.8) is 0 Å². The van der Waals surface area contributed by atoms with Crippen LogP contribution in [0.3, 0.4) is 0 Å². The largest absolute Gasteiger partial charge is 0.497 e. The standard InChI is InChI=1S/C18H23N3O2/c1-4-13(5-2)18(22)19-11-15-10-17(21-12-20-15)14-6-8-16(23-3)9-7-14/h6-10,12-13H,4-5,11H2,1-3H3,(H,19,22). The Kier molecular flexibility index (Phi) is 6.09. The average Bonchev–Trinajstić information content (AvgIpc) is 2.61. The number of aromatic nitrogens is 2. The smallest absolute Gasteiger partial charge is 0.223 e. The van der Waals surface area contributed by atoms with E-state index >= 15 is 0 Å². The lowest BCUT2D eigenvalue weighted by atomic mass is 10.0. The Balaban J connectivity index is 2.06. The first kappa shape index (κ1) is 16.9. The number of nitrogens with one attached hydrogen (secondary N) is 1. The maximum absolute atomic E-state index is 12.0. The number of hydrogen-bond acceptors (Lipinski definition) is 4. The van der Waals surface area contributed by atoms with Crippen molar-refractivity contribution in [3.8, 4) is 17.0 Å². The first-order valence-corrected chi connectivity index (χ1v) is 7.91. The molecule has 2 aromatic rings. The zero-order valence-corrected chi connectivity index (χ0v) is 13.9. The number of rotatable bonds is 7. The molecule has 0 fully saturated rings. The number of amides is 1.